The van der Waals surface area contributed by atoms with E-state index < -0.39 is 32.5 Å². The summed E-state index contributed by atoms with van der Waals surface area (Å²) in [5.74, 6) is -0.961. The molecule has 0 amide bonds. The van der Waals surface area contributed by atoms with Gasteiger partial charge in [0, 0.05) is 12.8 Å². The van der Waals surface area contributed by atoms with Gasteiger partial charge in [0.25, 0.3) is 0 Å². The van der Waals surface area contributed by atoms with Gasteiger partial charge in [-0.15, -0.1) is 0 Å². The maximum Gasteiger partial charge on any atom is 0.469 e. The van der Waals surface area contributed by atoms with E-state index in [4.69, 9.17) is 19.3 Å². The normalized spacial score (nSPS) is 13.6. The van der Waals surface area contributed by atoms with Gasteiger partial charge in [-0.25, -0.2) is 4.57 Å². The van der Waals surface area contributed by atoms with Crippen LogP contribution in [0, 0.1) is 0 Å². The third-order valence-electron chi connectivity index (χ3n) is 7.16. The lowest BCUT2D eigenvalue weighted by molar-refractivity contribution is -0.161. The van der Waals surface area contributed by atoms with Gasteiger partial charge in [0.1, 0.15) is 6.61 Å². The van der Waals surface area contributed by atoms with E-state index in [1.54, 1.807) is 0 Å². The molecule has 0 aromatic heterocycles. The summed E-state index contributed by atoms with van der Waals surface area (Å²) in [7, 11) is -4.77. The number of hydrogen-bond acceptors (Lipinski definition) is 6. The molecule has 0 aliphatic carbocycles. The molecule has 50 heavy (non-hydrogen) atoms. The van der Waals surface area contributed by atoms with Gasteiger partial charge in [0.15, 0.2) is 6.10 Å². The van der Waals surface area contributed by atoms with E-state index in [9.17, 15) is 14.2 Å². The molecule has 9 heteroatoms. The largest absolute Gasteiger partial charge is 0.469 e. The van der Waals surface area contributed by atoms with Crippen molar-refractivity contribution < 1.29 is 37.9 Å². The zero-order chi connectivity index (χ0) is 36.8. The number of hydrogen-bond donors (Lipinski definition) is 2. The highest BCUT2D eigenvalue weighted by atomic mass is 31.2. The summed E-state index contributed by atoms with van der Waals surface area (Å²) < 4.78 is 26.3. The number of esters is 2. The van der Waals surface area contributed by atoms with Crippen molar-refractivity contribution in [3.63, 3.8) is 0 Å². The van der Waals surface area contributed by atoms with Crippen LogP contribution in [0.25, 0.3) is 0 Å². The van der Waals surface area contributed by atoms with E-state index in [-0.39, 0.29) is 19.4 Å². The first-order valence-electron chi connectivity index (χ1n) is 18.6. The van der Waals surface area contributed by atoms with Crippen LogP contribution in [0.4, 0.5) is 0 Å². The Labute approximate surface area is 303 Å². The molecule has 0 aromatic carbocycles. The Bertz CT molecular complexity index is 1120. The molecule has 0 unspecified atom stereocenters. The highest BCUT2D eigenvalue weighted by Crippen LogP contribution is 2.35. The molecular formula is C41H65O8P. The fourth-order valence-electron chi connectivity index (χ4n) is 4.43. The van der Waals surface area contributed by atoms with Crippen molar-refractivity contribution in [1.82, 2.24) is 0 Å². The van der Waals surface area contributed by atoms with Crippen LogP contribution in [0.3, 0.4) is 0 Å². The Balaban J connectivity index is 4.12. The van der Waals surface area contributed by atoms with Crippen LogP contribution in [-0.2, 0) is 28.2 Å². The molecule has 0 aliphatic rings. The van der Waals surface area contributed by atoms with Gasteiger partial charge in [-0.1, -0.05) is 143 Å². The monoisotopic (exact) mass is 716 g/mol. The average Bonchev–Trinajstić information content (AvgIpc) is 3.08. The number of carbonyl (C=O) groups excluding carboxylic acids is 2. The second-order valence-corrected chi connectivity index (χ2v) is 13.1. The van der Waals surface area contributed by atoms with Gasteiger partial charge >= 0.3 is 19.8 Å². The third kappa shape index (κ3) is 37.8. The molecule has 8 nitrogen and oxygen atoms in total. The SMILES string of the molecule is CC/C=C/C=C/C=C/C=C/CCCCCCCC(=O)OC[C@H](COP(=O)(O)O)OC(=O)CCCCC/C=C/C/C=C/C/C=C/C/C=C/CCC. The third-order valence-corrected chi connectivity index (χ3v) is 7.65. The van der Waals surface area contributed by atoms with Crippen LogP contribution >= 0.6 is 7.82 Å². The summed E-state index contributed by atoms with van der Waals surface area (Å²) in [6.45, 7) is 3.40. The number of phosphoric acid groups is 1. The van der Waals surface area contributed by atoms with Crippen molar-refractivity contribution in [2.24, 2.45) is 0 Å². The molecule has 0 aromatic rings. The highest BCUT2D eigenvalue weighted by molar-refractivity contribution is 7.46. The predicted molar refractivity (Wildman–Crippen MR) is 206 cm³/mol. The van der Waals surface area contributed by atoms with Gasteiger partial charge in [0.05, 0.1) is 6.61 Å². The Morgan fingerprint density at radius 3 is 1.64 bits per heavy atom. The minimum atomic E-state index is -4.77. The lowest BCUT2D eigenvalue weighted by Gasteiger charge is -2.18. The maximum absolute atomic E-state index is 12.4. The molecule has 0 rings (SSSR count). The fraction of sp³-hybridized carbons (Fsp3) is 0.561. The minimum Gasteiger partial charge on any atom is -0.462 e. The lowest BCUT2D eigenvalue weighted by atomic mass is 10.1. The topological polar surface area (TPSA) is 119 Å². The lowest BCUT2D eigenvalue weighted by Crippen LogP contribution is -2.29. The molecule has 0 spiro atoms. The van der Waals surface area contributed by atoms with Crippen LogP contribution in [-0.4, -0.2) is 41.0 Å². The van der Waals surface area contributed by atoms with Crippen molar-refractivity contribution in [3.05, 3.63) is 97.2 Å². The zero-order valence-electron chi connectivity index (χ0n) is 30.7. The second-order valence-electron chi connectivity index (χ2n) is 11.9. The van der Waals surface area contributed by atoms with Gasteiger partial charge in [-0.2, -0.15) is 0 Å². The Kier molecular flexibility index (Phi) is 33.6. The quantitative estimate of drug-likeness (QED) is 0.0232. The van der Waals surface area contributed by atoms with Crippen molar-refractivity contribution in [1.29, 1.82) is 0 Å². The summed E-state index contributed by atoms with van der Waals surface area (Å²) in [6.07, 6.45) is 48.3. The molecule has 0 saturated carbocycles. The molecule has 0 saturated heterocycles. The zero-order valence-corrected chi connectivity index (χ0v) is 31.6. The van der Waals surface area contributed by atoms with E-state index in [2.05, 4.69) is 85.2 Å². The maximum atomic E-state index is 12.4. The summed E-state index contributed by atoms with van der Waals surface area (Å²) in [6, 6.07) is 0. The van der Waals surface area contributed by atoms with Gasteiger partial charge < -0.3 is 19.3 Å². The molecule has 2 N–H and O–H groups in total. The Morgan fingerprint density at radius 2 is 1.04 bits per heavy atom. The van der Waals surface area contributed by atoms with Crippen LogP contribution < -0.4 is 0 Å². The number of ether oxygens (including phenoxy) is 2. The smallest absolute Gasteiger partial charge is 0.462 e. The van der Waals surface area contributed by atoms with Gasteiger partial charge in [-0.05, 0) is 70.6 Å². The fourth-order valence-corrected chi connectivity index (χ4v) is 4.79. The van der Waals surface area contributed by atoms with Gasteiger partial charge in [0.2, 0.25) is 0 Å². The van der Waals surface area contributed by atoms with E-state index >= 15 is 0 Å². The number of allylic oxidation sites excluding steroid dienone is 16. The first kappa shape index (κ1) is 47.0. The molecule has 0 bridgehead atoms. The number of phosphoric ester groups is 1. The van der Waals surface area contributed by atoms with E-state index in [0.717, 1.165) is 83.5 Å². The van der Waals surface area contributed by atoms with Crippen molar-refractivity contribution >= 4 is 19.8 Å². The predicted octanol–water partition coefficient (Wildman–Crippen LogP) is 11.1. The molecular weight excluding hydrogens is 651 g/mol. The number of rotatable bonds is 32. The molecule has 1 atom stereocenters. The summed E-state index contributed by atoms with van der Waals surface area (Å²) in [5.41, 5.74) is 0. The molecule has 282 valence electrons. The van der Waals surface area contributed by atoms with Crippen LogP contribution in [0.2, 0.25) is 0 Å². The van der Waals surface area contributed by atoms with Crippen LogP contribution in [0.1, 0.15) is 129 Å². The second kappa shape index (κ2) is 35.8. The first-order valence-corrected chi connectivity index (χ1v) is 20.1. The standard InChI is InChI=1S/C41H65O8P/c1-3-5-7-9-11-13-15-17-19-20-22-24-26-28-30-32-34-36-41(43)49-39(38-48-50(44,45)46)37-47-40(42)35-33-31-29-27-25-23-21-18-16-14-12-10-8-6-4-2/h6-10,12-16,18-21,24,26,39H,3-5,11,17,22-23,25,27-38H2,1-2H3,(H2,44,45,46)/b8-6+,9-7+,12-10+,15-13+,16-14+,20-19+,21-18+,26-24+/t39-/m1/s1. The summed E-state index contributed by atoms with van der Waals surface area (Å²) in [5, 5.41) is 0. The van der Waals surface area contributed by atoms with E-state index in [1.165, 1.54) is 6.42 Å². The minimum absolute atomic E-state index is 0.162. The first-order chi connectivity index (χ1) is 24.3. The number of unbranched alkanes of at least 4 members (excludes halogenated alkanes) is 9. The average molecular weight is 717 g/mol. The van der Waals surface area contributed by atoms with Crippen LogP contribution in [0.15, 0.2) is 97.2 Å². The molecule has 0 fully saturated rings. The number of carbonyl (C=O) groups is 2. The molecule has 0 aliphatic heterocycles. The van der Waals surface area contributed by atoms with Gasteiger partial charge in [-0.3, -0.25) is 14.1 Å². The van der Waals surface area contributed by atoms with Crippen molar-refractivity contribution in [2.75, 3.05) is 13.2 Å². The van der Waals surface area contributed by atoms with E-state index in [0.29, 0.717) is 12.8 Å². The van der Waals surface area contributed by atoms with Crippen molar-refractivity contribution in [2.45, 2.75) is 136 Å². The Morgan fingerprint density at radius 1 is 0.560 bits per heavy atom. The summed E-state index contributed by atoms with van der Waals surface area (Å²) >= 11 is 0. The Hall–Kier alpha value is -3.03. The van der Waals surface area contributed by atoms with E-state index in [1.807, 2.05) is 30.4 Å². The van der Waals surface area contributed by atoms with Crippen LogP contribution in [0.5, 0.6) is 0 Å². The van der Waals surface area contributed by atoms with Crippen molar-refractivity contribution in [3.8, 4) is 0 Å². The molecule has 0 radical (unpaired) electrons. The molecule has 0 heterocycles. The summed E-state index contributed by atoms with van der Waals surface area (Å²) in [4.78, 5) is 42.7. The highest BCUT2D eigenvalue weighted by Gasteiger charge is 2.22.